The maximum Gasteiger partial charge on any atom is 0.397 e. The number of aryl methyl sites for hydroxylation is 2. The smallest absolute Gasteiger partial charge is 0.397 e. The van der Waals surface area contributed by atoms with Crippen molar-refractivity contribution in [1.82, 2.24) is 0 Å². The van der Waals surface area contributed by atoms with Crippen LogP contribution in [0.2, 0.25) is 0 Å². The first-order chi connectivity index (χ1) is 18.0. The van der Waals surface area contributed by atoms with E-state index in [-0.39, 0.29) is 5.92 Å². The Morgan fingerprint density at radius 2 is 1.37 bits per heavy atom. The fourth-order valence-corrected chi connectivity index (χ4v) is 5.65. The number of nitrogens with two attached hydrogens (primary N) is 1. The van der Waals surface area contributed by atoms with Crippen molar-refractivity contribution in [2.45, 2.75) is 114 Å². The summed E-state index contributed by atoms with van der Waals surface area (Å²) in [7, 11) is -1.52. The molecule has 0 bridgehead atoms. The van der Waals surface area contributed by atoms with Gasteiger partial charge >= 0.3 is 8.60 Å². The Morgan fingerprint density at radius 3 is 1.87 bits per heavy atom. The molecule has 4 nitrogen and oxygen atoms in total. The molecule has 2 unspecified atom stereocenters. The molecule has 3 rings (SSSR count). The molecule has 0 spiro atoms. The Balaban J connectivity index is 0.00000110. The Morgan fingerprint density at radius 1 is 0.868 bits per heavy atom. The number of hydrogen-bond donors (Lipinski definition) is 1. The van der Waals surface area contributed by atoms with E-state index in [0.717, 1.165) is 24.2 Å². The lowest BCUT2D eigenvalue weighted by Gasteiger charge is -2.23. The minimum Gasteiger partial charge on any atom is -0.426 e. The zero-order chi connectivity index (χ0) is 28.8. The van der Waals surface area contributed by atoms with Gasteiger partial charge in [-0.3, -0.25) is 4.52 Å². The van der Waals surface area contributed by atoms with Crippen molar-refractivity contribution in [3.05, 3.63) is 63.2 Å². The van der Waals surface area contributed by atoms with Gasteiger partial charge in [0.05, 0.1) is 13.2 Å². The molecule has 2 N–H and O–H groups in total. The molecule has 0 aliphatic carbocycles. The van der Waals surface area contributed by atoms with E-state index in [1.54, 1.807) is 0 Å². The topological polar surface area (TPSA) is 53.7 Å². The maximum absolute atomic E-state index is 6.41. The second-order valence-electron chi connectivity index (χ2n) is 11.4. The minimum absolute atomic E-state index is 0.199. The lowest BCUT2D eigenvalue weighted by molar-refractivity contribution is 0.202. The molecule has 5 heteroatoms. The lowest BCUT2D eigenvalue weighted by Crippen LogP contribution is -2.09. The summed E-state index contributed by atoms with van der Waals surface area (Å²) < 4.78 is 18.5. The summed E-state index contributed by atoms with van der Waals surface area (Å²) in [5.41, 5.74) is 14.7. The molecule has 2 atom stereocenters. The zero-order valence-electron chi connectivity index (χ0n) is 26.2. The summed E-state index contributed by atoms with van der Waals surface area (Å²) in [4.78, 5) is 0. The molecule has 216 valence electrons. The van der Waals surface area contributed by atoms with Gasteiger partial charge in [-0.05, 0) is 71.9 Å². The molecular weight excluding hydrogens is 489 g/mol. The first-order valence-electron chi connectivity index (χ1n) is 14.7. The lowest BCUT2D eigenvalue weighted by atomic mass is 9.83. The molecule has 0 aromatic heterocycles. The van der Waals surface area contributed by atoms with Gasteiger partial charge < -0.3 is 14.8 Å². The molecule has 1 aliphatic heterocycles. The van der Waals surface area contributed by atoms with Crippen molar-refractivity contribution in [2.75, 3.05) is 13.2 Å². The Kier molecular flexibility index (Phi) is 16.4. The van der Waals surface area contributed by atoms with Crippen LogP contribution in [-0.2, 0) is 28.5 Å². The molecule has 0 saturated heterocycles. The van der Waals surface area contributed by atoms with E-state index in [0.29, 0.717) is 31.6 Å². The van der Waals surface area contributed by atoms with Crippen LogP contribution in [0, 0.1) is 25.7 Å². The van der Waals surface area contributed by atoms with Gasteiger partial charge in [0.25, 0.3) is 0 Å². The van der Waals surface area contributed by atoms with Crippen LogP contribution in [0.5, 0.6) is 5.75 Å². The monoisotopic (exact) mass is 545 g/mol. The van der Waals surface area contributed by atoms with Crippen LogP contribution in [0.25, 0.3) is 0 Å². The van der Waals surface area contributed by atoms with Crippen molar-refractivity contribution < 1.29 is 13.6 Å². The molecule has 0 saturated carbocycles. The molecule has 0 fully saturated rings. The molecule has 2 aromatic rings. The van der Waals surface area contributed by atoms with E-state index in [1.165, 1.54) is 46.2 Å². The fraction of sp³-hybridized carbons (Fsp3) is 0.636. The van der Waals surface area contributed by atoms with Crippen LogP contribution in [0.3, 0.4) is 0 Å². The van der Waals surface area contributed by atoms with E-state index in [2.05, 4.69) is 100 Å². The zero-order valence-corrected chi connectivity index (χ0v) is 27.1. The van der Waals surface area contributed by atoms with Gasteiger partial charge in [-0.25, -0.2) is 0 Å². The summed E-state index contributed by atoms with van der Waals surface area (Å²) in [5.74, 6) is 2.31. The third-order valence-corrected chi connectivity index (χ3v) is 7.01. The highest BCUT2D eigenvalue weighted by Gasteiger charge is 2.28. The summed E-state index contributed by atoms with van der Waals surface area (Å²) >= 11 is 0. The van der Waals surface area contributed by atoms with Crippen molar-refractivity contribution in [3.8, 4) is 5.75 Å². The van der Waals surface area contributed by atoms with Crippen LogP contribution >= 0.6 is 8.60 Å². The van der Waals surface area contributed by atoms with E-state index >= 15 is 0 Å². The van der Waals surface area contributed by atoms with Crippen molar-refractivity contribution in [1.29, 1.82) is 0 Å². The van der Waals surface area contributed by atoms with Crippen LogP contribution in [0.15, 0.2) is 24.3 Å². The van der Waals surface area contributed by atoms with Crippen molar-refractivity contribution >= 4 is 8.60 Å². The Labute approximate surface area is 236 Å². The number of rotatable bonds is 7. The SMILES string of the molecule is CCC.CCC.Cc1cc(CC(C)C)cc2c1COP(OCCN)Oc1c(C)cc(CC(C)C)cc1C2C. The van der Waals surface area contributed by atoms with Crippen LogP contribution in [-0.4, -0.2) is 13.2 Å². The van der Waals surface area contributed by atoms with Gasteiger partial charge in [0, 0.05) is 18.0 Å². The van der Waals surface area contributed by atoms with Crippen LogP contribution in [0.4, 0.5) is 0 Å². The molecule has 38 heavy (non-hydrogen) atoms. The largest absolute Gasteiger partial charge is 0.426 e. The Bertz CT molecular complexity index is 956. The van der Waals surface area contributed by atoms with Gasteiger partial charge in [-0.15, -0.1) is 0 Å². The third kappa shape index (κ3) is 11.0. The summed E-state index contributed by atoms with van der Waals surface area (Å²) in [5, 5.41) is 0. The van der Waals surface area contributed by atoms with Crippen LogP contribution in [0.1, 0.15) is 120 Å². The standard InChI is InChI=1S/C27H40NO3P.2C3H8/c1-17(2)10-22-12-19(5)26-16-30-32(29-9-8-28)31-27-20(6)13-23(11-18(3)4)15-25(27)21(7)24(26)14-22;2*1-3-2/h12-15,17-18,21H,8-11,16,28H2,1-7H3;2*3H2,1-2H3. The van der Waals surface area contributed by atoms with E-state index in [1.807, 2.05) is 0 Å². The predicted octanol–water partition coefficient (Wildman–Crippen LogP) is 9.80. The maximum atomic E-state index is 6.41. The fourth-order valence-electron chi connectivity index (χ4n) is 4.58. The average Bonchev–Trinajstić information content (AvgIpc) is 2.87. The number of fused-ring (bicyclic) bond motifs is 2. The molecule has 0 radical (unpaired) electrons. The quantitative estimate of drug-likeness (QED) is 0.352. The van der Waals surface area contributed by atoms with Crippen LogP contribution < -0.4 is 10.3 Å². The van der Waals surface area contributed by atoms with Gasteiger partial charge in [-0.1, -0.05) is 99.4 Å². The molecule has 1 heterocycles. The second kappa shape index (κ2) is 18.0. The van der Waals surface area contributed by atoms with E-state index < -0.39 is 8.60 Å². The van der Waals surface area contributed by atoms with Crippen molar-refractivity contribution in [3.63, 3.8) is 0 Å². The van der Waals surface area contributed by atoms with E-state index in [9.17, 15) is 0 Å². The molecule has 1 aliphatic rings. The molecule has 2 aromatic carbocycles. The van der Waals surface area contributed by atoms with Crippen molar-refractivity contribution in [2.24, 2.45) is 17.6 Å². The Hall–Kier alpha value is -1.45. The van der Waals surface area contributed by atoms with Gasteiger partial charge in [0.1, 0.15) is 5.75 Å². The normalized spacial score (nSPS) is 16.6. The second-order valence-corrected chi connectivity index (χ2v) is 12.5. The molecule has 0 amide bonds. The minimum atomic E-state index is -1.52. The number of hydrogen-bond acceptors (Lipinski definition) is 4. The number of benzene rings is 2. The highest BCUT2D eigenvalue weighted by Crippen LogP contribution is 2.49. The van der Waals surface area contributed by atoms with Gasteiger partial charge in [0.2, 0.25) is 0 Å². The average molecular weight is 546 g/mol. The highest BCUT2D eigenvalue weighted by atomic mass is 31.2. The summed E-state index contributed by atoms with van der Waals surface area (Å²) in [6.07, 6.45) is 4.62. The summed E-state index contributed by atoms with van der Waals surface area (Å²) in [6, 6.07) is 9.29. The molecular formula is C33H56NO3P. The van der Waals surface area contributed by atoms with Gasteiger partial charge in [-0.2, -0.15) is 0 Å². The van der Waals surface area contributed by atoms with Gasteiger partial charge in [0.15, 0.2) is 0 Å². The summed E-state index contributed by atoms with van der Waals surface area (Å²) in [6.45, 7) is 25.5. The van der Waals surface area contributed by atoms with E-state index in [4.69, 9.17) is 19.3 Å². The predicted molar refractivity (Wildman–Crippen MR) is 166 cm³/mol. The third-order valence-electron chi connectivity index (χ3n) is 5.95. The highest BCUT2D eigenvalue weighted by molar-refractivity contribution is 7.42. The first-order valence-corrected chi connectivity index (χ1v) is 15.8. The first kappa shape index (κ1) is 34.6.